The number of hydrogen-bond donors (Lipinski definition) is 1. The Hall–Kier alpha value is -2.31. The molecule has 0 unspecified atom stereocenters. The van der Waals surface area contributed by atoms with Crippen LogP contribution in [0.3, 0.4) is 0 Å². The lowest BCUT2D eigenvalue weighted by molar-refractivity contribution is 0.0690. The molecule has 0 aliphatic heterocycles. The number of halogens is 3. The van der Waals surface area contributed by atoms with E-state index in [1.807, 2.05) is 0 Å². The number of aromatic carboxylic acids is 1. The molecule has 1 N–H and O–H groups in total. The molecule has 0 aliphatic rings. The van der Waals surface area contributed by atoms with Crippen LogP contribution in [0, 0.1) is 17.5 Å². The van der Waals surface area contributed by atoms with Gasteiger partial charge in [-0.2, -0.15) is 5.10 Å². The zero-order chi connectivity index (χ0) is 15.9. The molecule has 4 nitrogen and oxygen atoms in total. The zero-order valence-electron chi connectivity index (χ0n) is 11.6. The summed E-state index contributed by atoms with van der Waals surface area (Å²) >= 11 is 0. The lowest BCUT2D eigenvalue weighted by Gasteiger charge is -2.20. The lowest BCUT2D eigenvalue weighted by Crippen LogP contribution is -2.17. The van der Waals surface area contributed by atoms with E-state index in [1.165, 1.54) is 6.07 Å². The average molecular weight is 298 g/mol. The highest BCUT2D eigenvalue weighted by atomic mass is 19.2. The van der Waals surface area contributed by atoms with Gasteiger partial charge in [-0.25, -0.2) is 22.6 Å². The van der Waals surface area contributed by atoms with Gasteiger partial charge < -0.3 is 5.11 Å². The van der Waals surface area contributed by atoms with Crippen LogP contribution in [0.15, 0.2) is 18.2 Å². The van der Waals surface area contributed by atoms with Gasteiger partial charge in [0.05, 0.1) is 11.4 Å². The molecule has 0 radical (unpaired) electrons. The fraction of sp³-hybridized carbons (Fsp3) is 0.286. The van der Waals surface area contributed by atoms with Crippen LogP contribution in [0.4, 0.5) is 13.2 Å². The van der Waals surface area contributed by atoms with Gasteiger partial charge in [0, 0.05) is 17.5 Å². The topological polar surface area (TPSA) is 55.1 Å². The molecule has 0 saturated carbocycles. The summed E-state index contributed by atoms with van der Waals surface area (Å²) in [5.41, 5.74) is -0.429. The molecule has 7 heteroatoms. The Labute approximate surface area is 118 Å². The number of carboxylic acids is 1. The summed E-state index contributed by atoms with van der Waals surface area (Å²) in [6, 6.07) is 2.86. The highest BCUT2D eigenvalue weighted by molar-refractivity contribution is 5.85. The van der Waals surface area contributed by atoms with Crippen LogP contribution in [0.5, 0.6) is 0 Å². The van der Waals surface area contributed by atoms with E-state index >= 15 is 0 Å². The van der Waals surface area contributed by atoms with Crippen molar-refractivity contribution < 1.29 is 23.1 Å². The van der Waals surface area contributed by atoms with Gasteiger partial charge in [-0.15, -0.1) is 0 Å². The largest absolute Gasteiger partial charge is 0.476 e. The standard InChI is InChI=1S/C14H13F3N2O2/c1-14(2,3)11-6-10(13(20)21)18-19(11)7-4-8(15)12(17)9(16)5-7/h4-6H,1-3H3,(H,20,21). The van der Waals surface area contributed by atoms with E-state index in [1.54, 1.807) is 20.8 Å². The Kier molecular flexibility index (Phi) is 3.52. The number of hydrogen-bond acceptors (Lipinski definition) is 2. The first kappa shape index (κ1) is 15.1. The molecule has 112 valence electrons. The Morgan fingerprint density at radius 1 is 1.14 bits per heavy atom. The van der Waals surface area contributed by atoms with Crippen molar-refractivity contribution in [3.8, 4) is 5.69 Å². The lowest BCUT2D eigenvalue weighted by atomic mass is 9.91. The molecule has 1 heterocycles. The molecular weight excluding hydrogens is 285 g/mol. The highest BCUT2D eigenvalue weighted by Crippen LogP contribution is 2.27. The summed E-state index contributed by atoms with van der Waals surface area (Å²) in [7, 11) is 0. The van der Waals surface area contributed by atoms with Gasteiger partial charge in [0.1, 0.15) is 0 Å². The number of benzene rings is 1. The van der Waals surface area contributed by atoms with E-state index in [2.05, 4.69) is 5.10 Å². The summed E-state index contributed by atoms with van der Waals surface area (Å²) in [4.78, 5) is 11.0. The van der Waals surface area contributed by atoms with Gasteiger partial charge in [-0.05, 0) is 6.07 Å². The third-order valence-electron chi connectivity index (χ3n) is 2.91. The van der Waals surface area contributed by atoms with Gasteiger partial charge in [0.2, 0.25) is 0 Å². The third-order valence-corrected chi connectivity index (χ3v) is 2.91. The first-order valence-electron chi connectivity index (χ1n) is 6.10. The van der Waals surface area contributed by atoms with Crippen molar-refractivity contribution in [1.82, 2.24) is 9.78 Å². The second-order valence-electron chi connectivity index (χ2n) is 5.61. The van der Waals surface area contributed by atoms with Crippen molar-refractivity contribution in [3.05, 3.63) is 47.0 Å². The zero-order valence-corrected chi connectivity index (χ0v) is 11.6. The van der Waals surface area contributed by atoms with Crippen molar-refractivity contribution in [2.45, 2.75) is 26.2 Å². The van der Waals surface area contributed by atoms with E-state index in [9.17, 15) is 18.0 Å². The van der Waals surface area contributed by atoms with Crippen LogP contribution >= 0.6 is 0 Å². The van der Waals surface area contributed by atoms with E-state index in [-0.39, 0.29) is 11.4 Å². The monoisotopic (exact) mass is 298 g/mol. The first-order chi connectivity index (χ1) is 9.61. The molecule has 2 aromatic rings. The van der Waals surface area contributed by atoms with Gasteiger partial charge in [0.25, 0.3) is 0 Å². The predicted octanol–water partition coefficient (Wildman–Crippen LogP) is 3.29. The van der Waals surface area contributed by atoms with Crippen LogP contribution in [-0.2, 0) is 5.41 Å². The number of carbonyl (C=O) groups is 1. The van der Waals surface area contributed by atoms with Crippen LogP contribution in [-0.4, -0.2) is 20.9 Å². The number of carboxylic acid groups (broad SMARTS) is 1. The summed E-state index contributed by atoms with van der Waals surface area (Å²) in [5.74, 6) is -5.57. The molecule has 2 rings (SSSR count). The smallest absolute Gasteiger partial charge is 0.356 e. The second-order valence-corrected chi connectivity index (χ2v) is 5.61. The number of aromatic nitrogens is 2. The Morgan fingerprint density at radius 3 is 2.10 bits per heavy atom. The molecule has 1 aromatic heterocycles. The van der Waals surface area contributed by atoms with Crippen molar-refractivity contribution in [2.75, 3.05) is 0 Å². The summed E-state index contributed by atoms with van der Waals surface area (Å²) in [5, 5.41) is 12.8. The van der Waals surface area contributed by atoms with E-state index in [0.717, 1.165) is 16.8 Å². The minimum Gasteiger partial charge on any atom is -0.476 e. The quantitative estimate of drug-likeness (QED) is 0.866. The van der Waals surface area contributed by atoms with Crippen LogP contribution in [0.2, 0.25) is 0 Å². The van der Waals surface area contributed by atoms with Crippen molar-refractivity contribution in [1.29, 1.82) is 0 Å². The Balaban J connectivity index is 2.71. The van der Waals surface area contributed by atoms with Crippen LogP contribution in [0.25, 0.3) is 5.69 Å². The third kappa shape index (κ3) is 2.76. The molecule has 0 saturated heterocycles. The van der Waals surface area contributed by atoms with E-state index < -0.39 is 28.8 Å². The molecule has 0 atom stereocenters. The second kappa shape index (κ2) is 4.91. The van der Waals surface area contributed by atoms with E-state index in [0.29, 0.717) is 5.69 Å². The molecule has 0 bridgehead atoms. The van der Waals surface area contributed by atoms with Crippen molar-refractivity contribution in [2.24, 2.45) is 0 Å². The fourth-order valence-corrected chi connectivity index (χ4v) is 1.88. The number of nitrogens with zero attached hydrogens (tertiary/aromatic N) is 2. The molecule has 0 amide bonds. The maximum atomic E-state index is 13.3. The number of rotatable bonds is 2. The van der Waals surface area contributed by atoms with Gasteiger partial charge in [-0.1, -0.05) is 20.8 Å². The summed E-state index contributed by atoms with van der Waals surface area (Å²) in [6.07, 6.45) is 0. The minimum atomic E-state index is -1.58. The average Bonchev–Trinajstić information content (AvgIpc) is 2.80. The molecule has 0 spiro atoms. The Morgan fingerprint density at radius 2 is 1.67 bits per heavy atom. The summed E-state index contributed by atoms with van der Waals surface area (Å²) < 4.78 is 40.8. The first-order valence-corrected chi connectivity index (χ1v) is 6.10. The Bertz CT molecular complexity index is 694. The van der Waals surface area contributed by atoms with E-state index in [4.69, 9.17) is 5.11 Å². The maximum absolute atomic E-state index is 13.3. The van der Waals surface area contributed by atoms with Gasteiger partial charge in [0.15, 0.2) is 23.1 Å². The molecular formula is C14H13F3N2O2. The van der Waals surface area contributed by atoms with Crippen molar-refractivity contribution >= 4 is 5.97 Å². The molecule has 0 fully saturated rings. The van der Waals surface area contributed by atoms with Gasteiger partial charge in [-0.3, -0.25) is 0 Å². The van der Waals surface area contributed by atoms with Crippen molar-refractivity contribution in [3.63, 3.8) is 0 Å². The normalized spacial score (nSPS) is 11.7. The van der Waals surface area contributed by atoms with Crippen LogP contribution < -0.4 is 0 Å². The molecule has 21 heavy (non-hydrogen) atoms. The SMILES string of the molecule is CC(C)(C)c1cc(C(=O)O)nn1-c1cc(F)c(F)c(F)c1. The maximum Gasteiger partial charge on any atom is 0.356 e. The minimum absolute atomic E-state index is 0.0798. The fourth-order valence-electron chi connectivity index (χ4n) is 1.88. The summed E-state index contributed by atoms with van der Waals surface area (Å²) in [6.45, 7) is 5.38. The highest BCUT2D eigenvalue weighted by Gasteiger charge is 2.25. The van der Waals surface area contributed by atoms with Crippen LogP contribution in [0.1, 0.15) is 37.0 Å². The molecule has 1 aromatic carbocycles. The molecule has 0 aliphatic carbocycles. The van der Waals surface area contributed by atoms with Gasteiger partial charge >= 0.3 is 5.97 Å². The predicted molar refractivity (Wildman–Crippen MR) is 69.1 cm³/mol.